The lowest BCUT2D eigenvalue weighted by Crippen LogP contribution is -2.14. The highest BCUT2D eigenvalue weighted by atomic mass is 15.2. The largest absolute Gasteiger partial charge is 0.293 e. The van der Waals surface area contributed by atoms with Crippen LogP contribution in [0.4, 0.5) is 0 Å². The fourth-order valence-corrected chi connectivity index (χ4v) is 11.1. The topological polar surface area (TPSA) is 79.2 Å². The molecule has 0 unspecified atom stereocenters. The van der Waals surface area contributed by atoms with Crippen LogP contribution in [0.5, 0.6) is 0 Å². The van der Waals surface area contributed by atoms with E-state index in [1.807, 2.05) is 60.7 Å². The lowest BCUT2D eigenvalue weighted by Gasteiger charge is -2.20. The van der Waals surface area contributed by atoms with E-state index in [-0.39, 0.29) is 0 Å². The molecule has 8 heteroatoms. The minimum atomic E-state index is 0.431. The summed E-state index contributed by atoms with van der Waals surface area (Å²) in [5.41, 5.74) is 12.8. The number of nitrogens with zero attached hydrogens (tertiary/aromatic N) is 8. The molecule has 5 aromatic heterocycles. The Balaban J connectivity index is 1.15. The molecule has 15 aromatic rings. The summed E-state index contributed by atoms with van der Waals surface area (Å²) in [7, 11) is 0. The van der Waals surface area contributed by atoms with E-state index in [0.717, 1.165) is 98.8 Å². The molecule has 0 atom stereocenters. The molecule has 0 aliphatic heterocycles. The molecule has 0 spiro atoms. The van der Waals surface area contributed by atoms with Crippen LogP contribution in [0.3, 0.4) is 0 Å². The maximum Gasteiger partial charge on any atom is 0.238 e. The molecule has 0 aliphatic rings. The Morgan fingerprint density at radius 2 is 0.520 bits per heavy atom. The van der Waals surface area contributed by atoms with Gasteiger partial charge in [0, 0.05) is 43.4 Å². The van der Waals surface area contributed by atoms with Crippen molar-refractivity contribution in [2.24, 2.45) is 0 Å². The van der Waals surface area contributed by atoms with Gasteiger partial charge in [0.25, 0.3) is 0 Å². The van der Waals surface area contributed by atoms with Gasteiger partial charge in [-0.2, -0.15) is 9.97 Å². The van der Waals surface area contributed by atoms with Gasteiger partial charge in [0.1, 0.15) is 5.56 Å². The van der Waals surface area contributed by atoms with E-state index in [0.29, 0.717) is 40.6 Å². The normalized spacial score (nSPS) is 11.7. The first kappa shape index (κ1) is 42.4. The molecule has 0 saturated heterocycles. The number of hydrogen-bond acceptors (Lipinski definition) is 5. The fourth-order valence-electron chi connectivity index (χ4n) is 11.1. The second kappa shape index (κ2) is 17.2. The Hall–Kier alpha value is -10.3. The third-order valence-electron chi connectivity index (χ3n) is 14.5. The molecule has 0 N–H and O–H groups in total. The van der Waals surface area contributed by atoms with Gasteiger partial charge in [-0.25, -0.2) is 15.0 Å². The average Bonchev–Trinajstić information content (AvgIpc) is 4.20. The molecule has 350 valence electrons. The first-order valence-electron chi connectivity index (χ1n) is 25.2. The van der Waals surface area contributed by atoms with Gasteiger partial charge < -0.3 is 0 Å². The molecule has 0 bridgehead atoms. The monoisotopic (exact) mass is 958 g/mol. The van der Waals surface area contributed by atoms with Crippen molar-refractivity contribution in [1.82, 2.24) is 38.6 Å². The minimum absolute atomic E-state index is 0.431. The fraction of sp³-hybridized carbons (Fsp3) is 0. The van der Waals surface area contributed by atoms with Crippen molar-refractivity contribution in [3.8, 4) is 74.0 Å². The smallest absolute Gasteiger partial charge is 0.238 e. The zero-order chi connectivity index (χ0) is 49.4. The van der Waals surface area contributed by atoms with Gasteiger partial charge in [0.2, 0.25) is 5.95 Å². The maximum absolute atomic E-state index is 5.91. The summed E-state index contributed by atoms with van der Waals surface area (Å²) < 4.78 is 6.81. The summed E-state index contributed by atoms with van der Waals surface area (Å²) in [6, 6.07) is 89.2. The molecule has 75 heavy (non-hydrogen) atoms. The SMILES string of the molecule is c1ccc(-c2ccc3c(c2)c2ccccc2n3-c2nc(-n3c4ccccc4c4ccccc43)nc(-n3c4ccccc4c4cc(-c5ccccc5)ccc43)c2-c2nc(-c3ccccc3)nc(-c3ccccc3)n2)cc1. The van der Waals surface area contributed by atoms with E-state index in [9.17, 15) is 0 Å². The molecular formula is C67H42N8. The van der Waals surface area contributed by atoms with Crippen molar-refractivity contribution in [3.05, 3.63) is 255 Å². The second-order valence-electron chi connectivity index (χ2n) is 18.9. The van der Waals surface area contributed by atoms with Crippen molar-refractivity contribution in [1.29, 1.82) is 0 Å². The van der Waals surface area contributed by atoms with Crippen LogP contribution in [0.15, 0.2) is 255 Å². The first-order valence-corrected chi connectivity index (χ1v) is 25.2. The average molecular weight is 959 g/mol. The standard InChI is InChI=1S/C67H42N8/c1-5-21-43(22-6-1)47-37-39-59-53(41-47)51-31-15-17-33-55(51)73(59)65-61(64-69-62(45-25-9-3-10-26-45)68-63(70-64)46-27-11-4-12-28-46)66(72-67(71-65)75-57-35-19-13-29-49(57)50-30-14-20-36-58(50)75)74-56-34-18-16-32-52(56)54-42-48(38-40-60(54)74)44-23-7-2-8-24-44/h1-42H. The summed E-state index contributed by atoms with van der Waals surface area (Å²) in [6.07, 6.45) is 0. The van der Waals surface area contributed by atoms with Crippen molar-refractivity contribution < 1.29 is 0 Å². The molecule has 0 fully saturated rings. The molecule has 0 amide bonds. The van der Waals surface area contributed by atoms with E-state index in [1.165, 1.54) is 0 Å². The molecule has 0 saturated carbocycles. The van der Waals surface area contributed by atoms with Gasteiger partial charge in [-0.05, 0) is 70.8 Å². The van der Waals surface area contributed by atoms with Gasteiger partial charge in [-0.15, -0.1) is 0 Å². The van der Waals surface area contributed by atoms with Crippen LogP contribution in [0.2, 0.25) is 0 Å². The van der Waals surface area contributed by atoms with E-state index >= 15 is 0 Å². The van der Waals surface area contributed by atoms with Crippen LogP contribution >= 0.6 is 0 Å². The van der Waals surface area contributed by atoms with E-state index in [1.54, 1.807) is 0 Å². The molecule has 0 radical (unpaired) electrons. The predicted molar refractivity (Wildman–Crippen MR) is 306 cm³/mol. The van der Waals surface area contributed by atoms with Crippen LogP contribution in [0, 0.1) is 0 Å². The molecule has 5 heterocycles. The molecule has 8 nitrogen and oxygen atoms in total. The van der Waals surface area contributed by atoms with Gasteiger partial charge >= 0.3 is 0 Å². The molecule has 15 rings (SSSR count). The number of hydrogen-bond donors (Lipinski definition) is 0. The van der Waals surface area contributed by atoms with Crippen LogP contribution in [0.1, 0.15) is 0 Å². The van der Waals surface area contributed by atoms with E-state index < -0.39 is 0 Å². The first-order chi connectivity index (χ1) is 37.2. The van der Waals surface area contributed by atoms with Crippen molar-refractivity contribution in [2.75, 3.05) is 0 Å². The predicted octanol–water partition coefficient (Wildman–Crippen LogP) is 16.3. The summed E-state index contributed by atoms with van der Waals surface area (Å²) in [6.45, 7) is 0. The van der Waals surface area contributed by atoms with Crippen LogP contribution in [-0.2, 0) is 0 Å². The number of benzene rings is 10. The van der Waals surface area contributed by atoms with Crippen LogP contribution in [0.25, 0.3) is 139 Å². The lowest BCUT2D eigenvalue weighted by atomic mass is 10.0. The van der Waals surface area contributed by atoms with Gasteiger partial charge in [0.15, 0.2) is 29.1 Å². The van der Waals surface area contributed by atoms with Gasteiger partial charge in [-0.3, -0.25) is 13.7 Å². The third kappa shape index (κ3) is 6.88. The third-order valence-corrected chi connectivity index (χ3v) is 14.5. The zero-order valence-electron chi connectivity index (χ0n) is 40.3. The van der Waals surface area contributed by atoms with Crippen molar-refractivity contribution in [3.63, 3.8) is 0 Å². The zero-order valence-corrected chi connectivity index (χ0v) is 40.3. The molecular weight excluding hydrogens is 917 g/mol. The number of fused-ring (bicyclic) bond motifs is 9. The highest BCUT2D eigenvalue weighted by Gasteiger charge is 2.30. The van der Waals surface area contributed by atoms with Crippen LogP contribution < -0.4 is 0 Å². The molecule has 10 aromatic carbocycles. The van der Waals surface area contributed by atoms with E-state index in [4.69, 9.17) is 24.9 Å². The Bertz CT molecular complexity index is 4400. The molecule has 0 aliphatic carbocycles. The Morgan fingerprint density at radius 1 is 0.213 bits per heavy atom. The Morgan fingerprint density at radius 3 is 0.920 bits per heavy atom. The summed E-state index contributed by atoms with van der Waals surface area (Å²) >= 11 is 0. The van der Waals surface area contributed by atoms with Gasteiger partial charge in [0.05, 0.1) is 33.1 Å². The summed E-state index contributed by atoms with van der Waals surface area (Å²) in [5.74, 6) is 3.23. The number of aromatic nitrogens is 8. The number of para-hydroxylation sites is 4. The van der Waals surface area contributed by atoms with Crippen LogP contribution in [-0.4, -0.2) is 38.6 Å². The quantitative estimate of drug-likeness (QED) is 0.152. The summed E-state index contributed by atoms with van der Waals surface area (Å²) in [5, 5.41) is 6.57. The van der Waals surface area contributed by atoms with Gasteiger partial charge in [-0.1, -0.05) is 206 Å². The highest BCUT2D eigenvalue weighted by molar-refractivity contribution is 6.13. The maximum atomic E-state index is 5.91. The second-order valence-corrected chi connectivity index (χ2v) is 18.9. The summed E-state index contributed by atoms with van der Waals surface area (Å²) in [4.78, 5) is 28.1. The lowest BCUT2D eigenvalue weighted by molar-refractivity contribution is 0.914. The van der Waals surface area contributed by atoms with E-state index in [2.05, 4.69) is 208 Å². The minimum Gasteiger partial charge on any atom is -0.293 e. The number of rotatable bonds is 8. The Labute approximate surface area is 430 Å². The highest BCUT2D eigenvalue weighted by Crippen LogP contribution is 2.43. The Kier molecular flexibility index (Phi) is 9.71. The van der Waals surface area contributed by atoms with Crippen molar-refractivity contribution in [2.45, 2.75) is 0 Å². The van der Waals surface area contributed by atoms with Crippen molar-refractivity contribution >= 4 is 65.4 Å².